The monoisotopic (exact) mass is 493 g/mol. The molecule has 0 aliphatic carbocycles. The van der Waals surface area contributed by atoms with Crippen LogP contribution in [0.3, 0.4) is 0 Å². The third kappa shape index (κ3) is 4.62. The maximum absolute atomic E-state index is 13.7. The van der Waals surface area contributed by atoms with Gasteiger partial charge in [0, 0.05) is 46.0 Å². The lowest BCUT2D eigenvalue weighted by atomic mass is 10.2. The molecule has 174 valence electrons. The Kier molecular flexibility index (Phi) is 6.46. The van der Waals surface area contributed by atoms with Crippen molar-refractivity contribution in [3.05, 3.63) is 94.2 Å². The van der Waals surface area contributed by atoms with E-state index in [-0.39, 0.29) is 5.91 Å². The Hall–Kier alpha value is -3.06. The second-order valence-corrected chi connectivity index (χ2v) is 9.30. The number of hydrogen-bond acceptors (Lipinski definition) is 3. The number of aryl methyl sites for hydroxylation is 1. The number of aromatic nitrogens is 3. The third-order valence-electron chi connectivity index (χ3n) is 6.19. The van der Waals surface area contributed by atoms with Crippen molar-refractivity contribution in [1.29, 1.82) is 0 Å². The van der Waals surface area contributed by atoms with E-state index in [9.17, 15) is 4.79 Å². The number of nitrogens with zero attached hydrogens (tertiary/aromatic N) is 5. The first-order chi connectivity index (χ1) is 16.5. The van der Waals surface area contributed by atoms with Crippen molar-refractivity contribution in [1.82, 2.24) is 24.1 Å². The Morgan fingerprint density at radius 1 is 0.912 bits per heavy atom. The fourth-order valence-corrected chi connectivity index (χ4v) is 4.60. The van der Waals surface area contributed by atoms with Gasteiger partial charge in [-0.1, -0.05) is 53.5 Å². The predicted molar refractivity (Wildman–Crippen MR) is 136 cm³/mol. The van der Waals surface area contributed by atoms with Crippen molar-refractivity contribution in [2.75, 3.05) is 26.2 Å². The number of benzene rings is 2. The van der Waals surface area contributed by atoms with Crippen LogP contribution >= 0.6 is 23.2 Å². The van der Waals surface area contributed by atoms with E-state index in [0.717, 1.165) is 31.0 Å². The highest BCUT2D eigenvalue weighted by Crippen LogP contribution is 2.28. The maximum Gasteiger partial charge on any atom is 0.272 e. The molecule has 8 heteroatoms. The summed E-state index contributed by atoms with van der Waals surface area (Å²) in [4.78, 5) is 17.9. The van der Waals surface area contributed by atoms with Gasteiger partial charge in [0.25, 0.3) is 5.91 Å². The van der Waals surface area contributed by atoms with Gasteiger partial charge in [0.2, 0.25) is 0 Å². The summed E-state index contributed by atoms with van der Waals surface area (Å²) < 4.78 is 3.65. The van der Waals surface area contributed by atoms with E-state index < -0.39 is 0 Å². The minimum Gasteiger partial charge on any atom is -0.349 e. The summed E-state index contributed by atoms with van der Waals surface area (Å²) in [5, 5.41) is 5.66. The SMILES string of the molecule is Cn1cccc1-c1cc(C(=O)N2CCN(Cc3ccccc3)CC2)n(-c2ccc(Cl)c(Cl)c2)n1. The molecule has 2 aromatic heterocycles. The summed E-state index contributed by atoms with van der Waals surface area (Å²) in [5.41, 5.74) is 4.14. The van der Waals surface area contributed by atoms with Crippen LogP contribution in [0.15, 0.2) is 72.9 Å². The summed E-state index contributed by atoms with van der Waals surface area (Å²) in [6.07, 6.45) is 1.96. The molecule has 0 spiro atoms. The van der Waals surface area contributed by atoms with Crippen LogP contribution < -0.4 is 0 Å². The van der Waals surface area contributed by atoms with Gasteiger partial charge in [-0.15, -0.1) is 0 Å². The first kappa shape index (κ1) is 22.7. The van der Waals surface area contributed by atoms with Gasteiger partial charge < -0.3 is 9.47 Å². The molecule has 0 bridgehead atoms. The summed E-state index contributed by atoms with van der Waals surface area (Å²) in [5.74, 6) is -0.0432. The average Bonchev–Trinajstić information content (AvgIpc) is 3.48. The third-order valence-corrected chi connectivity index (χ3v) is 6.93. The number of hydrogen-bond donors (Lipinski definition) is 0. The number of carbonyl (C=O) groups excluding carboxylic acids is 1. The van der Waals surface area contributed by atoms with Crippen LogP contribution in [0.2, 0.25) is 10.0 Å². The molecule has 2 aromatic carbocycles. The van der Waals surface area contributed by atoms with Gasteiger partial charge in [-0.25, -0.2) is 4.68 Å². The number of piperazine rings is 1. The van der Waals surface area contributed by atoms with Crippen LogP contribution in [0.4, 0.5) is 0 Å². The molecule has 34 heavy (non-hydrogen) atoms. The normalized spacial score (nSPS) is 14.5. The molecule has 1 aliphatic rings. The Balaban J connectivity index is 1.40. The molecule has 5 rings (SSSR count). The molecular weight excluding hydrogens is 469 g/mol. The molecule has 1 fully saturated rings. The van der Waals surface area contributed by atoms with Crippen molar-refractivity contribution >= 4 is 29.1 Å². The van der Waals surface area contributed by atoms with Crippen LogP contribution in [-0.2, 0) is 13.6 Å². The molecule has 4 aromatic rings. The second-order valence-electron chi connectivity index (χ2n) is 8.48. The Morgan fingerprint density at radius 2 is 1.68 bits per heavy atom. The van der Waals surface area contributed by atoms with Gasteiger partial charge in [0.15, 0.2) is 0 Å². The van der Waals surface area contributed by atoms with Crippen molar-refractivity contribution in [3.8, 4) is 17.1 Å². The molecule has 1 saturated heterocycles. The van der Waals surface area contributed by atoms with E-state index in [2.05, 4.69) is 29.2 Å². The Bertz CT molecular complexity index is 1310. The first-order valence-corrected chi connectivity index (χ1v) is 12.0. The second kappa shape index (κ2) is 9.66. The quantitative estimate of drug-likeness (QED) is 0.386. The first-order valence-electron chi connectivity index (χ1n) is 11.2. The predicted octanol–water partition coefficient (Wildman–Crippen LogP) is 5.14. The molecule has 0 saturated carbocycles. The van der Waals surface area contributed by atoms with Crippen LogP contribution in [0.5, 0.6) is 0 Å². The lowest BCUT2D eigenvalue weighted by molar-refractivity contribution is 0.0619. The van der Waals surface area contributed by atoms with Gasteiger partial charge in [0.1, 0.15) is 11.4 Å². The zero-order valence-electron chi connectivity index (χ0n) is 18.9. The number of halogens is 2. The number of amides is 1. The molecule has 1 aliphatic heterocycles. The molecule has 0 atom stereocenters. The zero-order valence-corrected chi connectivity index (χ0v) is 20.4. The topological polar surface area (TPSA) is 46.3 Å². The van der Waals surface area contributed by atoms with Crippen LogP contribution in [0.25, 0.3) is 17.1 Å². The van der Waals surface area contributed by atoms with Crippen molar-refractivity contribution in [3.63, 3.8) is 0 Å². The van der Waals surface area contributed by atoms with Crippen molar-refractivity contribution in [2.45, 2.75) is 6.54 Å². The van der Waals surface area contributed by atoms with Gasteiger partial charge in [-0.05, 0) is 42.0 Å². The van der Waals surface area contributed by atoms with E-state index >= 15 is 0 Å². The smallest absolute Gasteiger partial charge is 0.272 e. The van der Waals surface area contributed by atoms with E-state index in [0.29, 0.717) is 34.5 Å². The summed E-state index contributed by atoms with van der Waals surface area (Å²) >= 11 is 12.4. The summed E-state index contributed by atoms with van der Waals surface area (Å²) in [6.45, 7) is 3.87. The summed E-state index contributed by atoms with van der Waals surface area (Å²) in [7, 11) is 1.96. The molecule has 6 nitrogen and oxygen atoms in total. The highest BCUT2D eigenvalue weighted by Gasteiger charge is 2.27. The van der Waals surface area contributed by atoms with E-state index in [1.807, 2.05) is 53.0 Å². The van der Waals surface area contributed by atoms with Crippen LogP contribution in [-0.4, -0.2) is 56.2 Å². The van der Waals surface area contributed by atoms with Gasteiger partial charge in [-0.3, -0.25) is 9.69 Å². The largest absolute Gasteiger partial charge is 0.349 e. The van der Waals surface area contributed by atoms with Gasteiger partial charge >= 0.3 is 0 Å². The number of carbonyl (C=O) groups is 1. The van der Waals surface area contributed by atoms with Gasteiger partial charge in [-0.2, -0.15) is 5.10 Å². The molecule has 0 N–H and O–H groups in total. The van der Waals surface area contributed by atoms with Crippen LogP contribution in [0.1, 0.15) is 16.1 Å². The summed E-state index contributed by atoms with van der Waals surface area (Å²) in [6, 6.07) is 21.5. The van der Waals surface area contributed by atoms with Crippen LogP contribution in [0, 0.1) is 0 Å². The highest BCUT2D eigenvalue weighted by molar-refractivity contribution is 6.42. The highest BCUT2D eigenvalue weighted by atomic mass is 35.5. The molecule has 1 amide bonds. The minimum atomic E-state index is -0.0432. The standard InChI is InChI=1S/C26H25Cl2N5O/c1-30-11-5-8-24(30)23-17-25(33(29-23)20-9-10-21(27)22(28)16-20)26(34)32-14-12-31(13-15-32)18-19-6-3-2-4-7-19/h2-11,16-17H,12-15,18H2,1H3. The lowest BCUT2D eigenvalue weighted by Gasteiger charge is -2.34. The average molecular weight is 494 g/mol. The molecule has 0 unspecified atom stereocenters. The van der Waals surface area contributed by atoms with E-state index in [4.69, 9.17) is 28.3 Å². The molecule has 3 heterocycles. The fraction of sp³-hybridized carbons (Fsp3) is 0.231. The number of rotatable bonds is 5. The zero-order chi connectivity index (χ0) is 23.7. The van der Waals surface area contributed by atoms with E-state index in [1.165, 1.54) is 5.56 Å². The lowest BCUT2D eigenvalue weighted by Crippen LogP contribution is -2.48. The Labute approximate surface area is 208 Å². The Morgan fingerprint density at radius 3 is 2.35 bits per heavy atom. The molecule has 0 radical (unpaired) electrons. The van der Waals surface area contributed by atoms with E-state index in [1.54, 1.807) is 16.8 Å². The maximum atomic E-state index is 13.7. The molecular formula is C26H25Cl2N5O. The van der Waals surface area contributed by atoms with Crippen molar-refractivity contribution < 1.29 is 4.79 Å². The minimum absolute atomic E-state index is 0.0432. The van der Waals surface area contributed by atoms with Gasteiger partial charge in [0.05, 0.1) is 21.4 Å². The fourth-order valence-electron chi connectivity index (χ4n) is 4.31. The van der Waals surface area contributed by atoms with Crippen molar-refractivity contribution in [2.24, 2.45) is 7.05 Å².